The molecule has 3 N–H and O–H groups in total. The van der Waals surface area contributed by atoms with E-state index in [9.17, 15) is 9.59 Å². The normalized spacial score (nSPS) is 21.2. The number of nitrogens with one attached hydrogen (secondary N) is 3. The Hall–Kier alpha value is -1.40. The highest BCUT2D eigenvalue weighted by molar-refractivity contribution is 9.10. The van der Waals surface area contributed by atoms with Crippen LogP contribution in [0.25, 0.3) is 0 Å². The van der Waals surface area contributed by atoms with Gasteiger partial charge in [0.25, 0.3) is 5.91 Å². The van der Waals surface area contributed by atoms with Gasteiger partial charge in [0.2, 0.25) is 5.91 Å². The summed E-state index contributed by atoms with van der Waals surface area (Å²) in [7, 11) is 0. The number of hydrogen-bond acceptors (Lipinski definition) is 3. The van der Waals surface area contributed by atoms with Crippen molar-refractivity contribution in [2.75, 3.05) is 19.6 Å². The van der Waals surface area contributed by atoms with Crippen molar-refractivity contribution in [2.24, 2.45) is 5.92 Å². The zero-order chi connectivity index (χ0) is 15.9. The Bertz CT molecular complexity index is 536. The van der Waals surface area contributed by atoms with E-state index in [2.05, 4.69) is 38.8 Å². The summed E-state index contributed by atoms with van der Waals surface area (Å²) >= 11 is 3.34. The van der Waals surface area contributed by atoms with Gasteiger partial charge in [-0.25, -0.2) is 0 Å². The fourth-order valence-corrected chi connectivity index (χ4v) is 3.01. The van der Waals surface area contributed by atoms with E-state index in [1.807, 2.05) is 12.1 Å². The first-order valence-corrected chi connectivity index (χ1v) is 8.40. The first-order valence-electron chi connectivity index (χ1n) is 7.61. The molecule has 1 aromatic carbocycles. The van der Waals surface area contributed by atoms with Gasteiger partial charge in [-0.15, -0.1) is 0 Å². The van der Waals surface area contributed by atoms with Crippen molar-refractivity contribution in [2.45, 2.75) is 25.8 Å². The van der Waals surface area contributed by atoms with E-state index < -0.39 is 0 Å². The number of amides is 2. The van der Waals surface area contributed by atoms with Crippen LogP contribution in [0.4, 0.5) is 0 Å². The van der Waals surface area contributed by atoms with Gasteiger partial charge in [-0.1, -0.05) is 22.0 Å². The monoisotopic (exact) mass is 367 g/mol. The molecule has 0 aliphatic carbocycles. The van der Waals surface area contributed by atoms with Crippen LogP contribution in [0.3, 0.4) is 0 Å². The first kappa shape index (κ1) is 17.0. The van der Waals surface area contributed by atoms with E-state index in [0.717, 1.165) is 23.9 Å². The summed E-state index contributed by atoms with van der Waals surface area (Å²) < 4.78 is 0.869. The highest BCUT2D eigenvalue weighted by atomic mass is 79.9. The van der Waals surface area contributed by atoms with Gasteiger partial charge in [-0.2, -0.15) is 0 Å². The van der Waals surface area contributed by atoms with Crippen LogP contribution in [0.15, 0.2) is 28.7 Å². The van der Waals surface area contributed by atoms with Gasteiger partial charge in [0.1, 0.15) is 0 Å². The molecule has 1 aromatic rings. The number of hydrogen-bond donors (Lipinski definition) is 3. The lowest BCUT2D eigenvalue weighted by atomic mass is 9.92. The second-order valence-electron chi connectivity index (χ2n) is 5.63. The van der Waals surface area contributed by atoms with Gasteiger partial charge in [0, 0.05) is 35.1 Å². The molecule has 1 aliphatic rings. The molecule has 1 saturated heterocycles. The van der Waals surface area contributed by atoms with Crippen LogP contribution in [0.2, 0.25) is 0 Å². The number of rotatable bonds is 5. The summed E-state index contributed by atoms with van der Waals surface area (Å²) in [5, 5.41) is 9.04. The van der Waals surface area contributed by atoms with E-state index in [4.69, 9.17) is 0 Å². The number of piperidine rings is 1. The Kier molecular flexibility index (Phi) is 6.39. The fourth-order valence-electron chi connectivity index (χ4n) is 2.61. The molecule has 0 saturated carbocycles. The fraction of sp³-hybridized carbons (Fsp3) is 0.500. The Morgan fingerprint density at radius 1 is 1.32 bits per heavy atom. The Labute approximate surface area is 139 Å². The van der Waals surface area contributed by atoms with Crippen LogP contribution in [0, 0.1) is 5.92 Å². The third-order valence-electron chi connectivity index (χ3n) is 3.79. The van der Waals surface area contributed by atoms with Crippen molar-refractivity contribution >= 4 is 27.7 Å². The topological polar surface area (TPSA) is 70.2 Å². The molecule has 0 spiro atoms. The summed E-state index contributed by atoms with van der Waals surface area (Å²) in [5.74, 6) is 0.0353. The van der Waals surface area contributed by atoms with Gasteiger partial charge >= 0.3 is 0 Å². The van der Waals surface area contributed by atoms with Crippen molar-refractivity contribution in [3.05, 3.63) is 34.3 Å². The Balaban J connectivity index is 1.68. The molecular formula is C16H22BrN3O2. The van der Waals surface area contributed by atoms with Gasteiger partial charge in [0.15, 0.2) is 0 Å². The van der Waals surface area contributed by atoms with Crippen LogP contribution in [-0.2, 0) is 4.79 Å². The number of benzene rings is 1. The lowest BCUT2D eigenvalue weighted by Crippen LogP contribution is -2.44. The summed E-state index contributed by atoms with van der Waals surface area (Å²) in [6.45, 7) is 3.87. The number of halogens is 1. The second-order valence-corrected chi connectivity index (χ2v) is 6.55. The number of carbonyl (C=O) groups excluding carboxylic acids is 2. The molecule has 6 heteroatoms. The highest BCUT2D eigenvalue weighted by Gasteiger charge is 2.24. The molecule has 1 fully saturated rings. The molecule has 0 radical (unpaired) electrons. The predicted octanol–water partition coefficient (Wildman–Crippen LogP) is 1.68. The van der Waals surface area contributed by atoms with Crippen LogP contribution in [-0.4, -0.2) is 37.5 Å². The standard InChI is InChI=1S/C16H22BrN3O2/c1-11-9-13(5-6-18-11)16(22)20-8-7-19-15(21)12-3-2-4-14(17)10-12/h2-4,10-11,13,18H,5-9H2,1H3,(H,19,21)(H,20,22)/t11-,13-/m0/s1. The summed E-state index contributed by atoms with van der Waals surface area (Å²) in [6, 6.07) is 7.61. The SMILES string of the molecule is C[C@H]1C[C@@H](C(=O)NCCNC(=O)c2cccc(Br)c2)CCN1. The molecule has 2 amide bonds. The molecule has 2 atom stereocenters. The highest BCUT2D eigenvalue weighted by Crippen LogP contribution is 2.15. The van der Waals surface area contributed by atoms with Crippen LogP contribution in [0.5, 0.6) is 0 Å². The third-order valence-corrected chi connectivity index (χ3v) is 4.28. The van der Waals surface area contributed by atoms with E-state index in [-0.39, 0.29) is 17.7 Å². The smallest absolute Gasteiger partial charge is 0.251 e. The van der Waals surface area contributed by atoms with Crippen LogP contribution in [0.1, 0.15) is 30.1 Å². The zero-order valence-electron chi connectivity index (χ0n) is 12.7. The van der Waals surface area contributed by atoms with Crippen molar-refractivity contribution in [1.29, 1.82) is 0 Å². The minimum atomic E-state index is -0.133. The molecule has 2 rings (SSSR count). The van der Waals surface area contributed by atoms with Crippen molar-refractivity contribution in [3.63, 3.8) is 0 Å². The lowest BCUT2D eigenvalue weighted by Gasteiger charge is -2.27. The minimum absolute atomic E-state index is 0.0806. The molecule has 1 aliphatic heterocycles. The largest absolute Gasteiger partial charge is 0.354 e. The van der Waals surface area contributed by atoms with E-state index in [0.29, 0.717) is 24.7 Å². The van der Waals surface area contributed by atoms with Gasteiger partial charge < -0.3 is 16.0 Å². The third kappa shape index (κ3) is 5.10. The first-order chi connectivity index (χ1) is 10.6. The average molecular weight is 368 g/mol. The zero-order valence-corrected chi connectivity index (χ0v) is 14.3. The molecule has 120 valence electrons. The van der Waals surface area contributed by atoms with Gasteiger partial charge in [-0.05, 0) is 44.5 Å². The minimum Gasteiger partial charge on any atom is -0.354 e. The molecular weight excluding hydrogens is 346 g/mol. The number of carbonyl (C=O) groups is 2. The molecule has 22 heavy (non-hydrogen) atoms. The van der Waals surface area contributed by atoms with Crippen molar-refractivity contribution < 1.29 is 9.59 Å². The summed E-state index contributed by atoms with van der Waals surface area (Å²) in [4.78, 5) is 24.0. The van der Waals surface area contributed by atoms with E-state index in [1.54, 1.807) is 12.1 Å². The molecule has 0 aromatic heterocycles. The maximum atomic E-state index is 12.0. The van der Waals surface area contributed by atoms with Gasteiger partial charge in [-0.3, -0.25) is 9.59 Å². The molecule has 0 unspecified atom stereocenters. The average Bonchev–Trinajstić information content (AvgIpc) is 2.51. The maximum Gasteiger partial charge on any atom is 0.251 e. The molecule has 0 bridgehead atoms. The summed E-state index contributed by atoms with van der Waals surface area (Å²) in [5.41, 5.74) is 0.605. The summed E-state index contributed by atoms with van der Waals surface area (Å²) in [6.07, 6.45) is 1.75. The van der Waals surface area contributed by atoms with Crippen LogP contribution < -0.4 is 16.0 Å². The van der Waals surface area contributed by atoms with Gasteiger partial charge in [0.05, 0.1) is 0 Å². The van der Waals surface area contributed by atoms with Crippen molar-refractivity contribution in [1.82, 2.24) is 16.0 Å². The Morgan fingerprint density at radius 3 is 2.82 bits per heavy atom. The lowest BCUT2D eigenvalue weighted by molar-refractivity contribution is -0.126. The van der Waals surface area contributed by atoms with E-state index in [1.165, 1.54) is 0 Å². The van der Waals surface area contributed by atoms with Crippen LogP contribution >= 0.6 is 15.9 Å². The quantitative estimate of drug-likeness (QED) is 0.693. The maximum absolute atomic E-state index is 12.0. The molecule has 5 nitrogen and oxygen atoms in total. The van der Waals surface area contributed by atoms with E-state index >= 15 is 0 Å². The molecule has 1 heterocycles. The second kappa shape index (κ2) is 8.29. The Morgan fingerprint density at radius 2 is 2.09 bits per heavy atom. The predicted molar refractivity (Wildman–Crippen MR) is 89.7 cm³/mol. The van der Waals surface area contributed by atoms with Crippen molar-refractivity contribution in [3.8, 4) is 0 Å².